The third kappa shape index (κ3) is 4.43. The van der Waals surface area contributed by atoms with Gasteiger partial charge >= 0.3 is 5.97 Å². The first-order valence-electron chi connectivity index (χ1n) is 6.54. The normalized spacial score (nSPS) is 11.6. The second-order valence-corrected chi connectivity index (χ2v) is 5.36. The van der Waals surface area contributed by atoms with Crippen molar-refractivity contribution in [3.05, 3.63) is 52.4 Å². The Morgan fingerprint density at radius 2 is 1.83 bits per heavy atom. The Hall–Kier alpha value is -2.61. The number of nitrogens with one attached hydrogen (secondary N) is 1. The first kappa shape index (κ1) is 16.8. The summed E-state index contributed by atoms with van der Waals surface area (Å²) in [6.07, 6.45) is -1.03. The van der Waals surface area contributed by atoms with Gasteiger partial charge in [0.2, 0.25) is 11.7 Å². The number of amides is 2. The average molecular weight is 381 g/mol. The van der Waals surface area contributed by atoms with Crippen LogP contribution in [0.2, 0.25) is 0 Å². The van der Waals surface area contributed by atoms with Crippen LogP contribution >= 0.6 is 15.9 Å². The van der Waals surface area contributed by atoms with Gasteiger partial charge in [-0.05, 0) is 59.3 Å². The molecule has 1 atom stereocenters. The Balaban J connectivity index is 1.94. The monoisotopic (exact) mass is 380 g/mol. The maximum atomic E-state index is 12.0. The van der Waals surface area contributed by atoms with Crippen LogP contribution in [0.1, 0.15) is 27.8 Å². The van der Waals surface area contributed by atoms with E-state index in [-0.39, 0.29) is 5.76 Å². The standard InChI is InChI=1S/C15H13BrN2O5/c1-8(22-15(21)11-6-7-12(16)23-11)14(20)18-10-4-2-9(3-5-10)13(17)19/h2-8H,1H3,(H2,17,19)(H,18,20)/t8-/m0/s1. The molecule has 0 aliphatic carbocycles. The molecule has 0 radical (unpaired) electrons. The number of primary amides is 1. The van der Waals surface area contributed by atoms with Crippen molar-refractivity contribution in [1.82, 2.24) is 0 Å². The minimum Gasteiger partial charge on any atom is -0.447 e. The number of furan rings is 1. The van der Waals surface area contributed by atoms with E-state index in [4.69, 9.17) is 14.9 Å². The lowest BCUT2D eigenvalue weighted by Crippen LogP contribution is -2.29. The van der Waals surface area contributed by atoms with Gasteiger partial charge in [-0.2, -0.15) is 0 Å². The highest BCUT2D eigenvalue weighted by molar-refractivity contribution is 9.10. The number of hydrogen-bond acceptors (Lipinski definition) is 5. The first-order valence-corrected chi connectivity index (χ1v) is 7.33. The Bertz CT molecular complexity index is 739. The van der Waals surface area contributed by atoms with Crippen LogP contribution in [-0.4, -0.2) is 23.9 Å². The van der Waals surface area contributed by atoms with Crippen LogP contribution in [0.15, 0.2) is 45.5 Å². The first-order chi connectivity index (χ1) is 10.9. The topological polar surface area (TPSA) is 112 Å². The van der Waals surface area contributed by atoms with Crippen molar-refractivity contribution in [2.24, 2.45) is 5.73 Å². The predicted molar refractivity (Wildman–Crippen MR) is 84.9 cm³/mol. The summed E-state index contributed by atoms with van der Waals surface area (Å²) in [5.41, 5.74) is 5.90. The van der Waals surface area contributed by atoms with Crippen LogP contribution < -0.4 is 11.1 Å². The van der Waals surface area contributed by atoms with Gasteiger partial charge in [-0.3, -0.25) is 9.59 Å². The maximum Gasteiger partial charge on any atom is 0.375 e. The van der Waals surface area contributed by atoms with Crippen LogP contribution in [0.3, 0.4) is 0 Å². The molecule has 0 saturated carbocycles. The van der Waals surface area contributed by atoms with Gasteiger partial charge in [0.25, 0.3) is 5.91 Å². The minimum atomic E-state index is -1.03. The second kappa shape index (κ2) is 7.10. The lowest BCUT2D eigenvalue weighted by molar-refractivity contribution is -0.123. The minimum absolute atomic E-state index is 0.0117. The number of halogens is 1. The van der Waals surface area contributed by atoms with Gasteiger partial charge < -0.3 is 20.2 Å². The number of hydrogen-bond donors (Lipinski definition) is 2. The number of anilines is 1. The molecular formula is C15H13BrN2O5. The van der Waals surface area contributed by atoms with Gasteiger partial charge in [-0.25, -0.2) is 4.79 Å². The number of nitrogens with two attached hydrogens (primary N) is 1. The van der Waals surface area contributed by atoms with Crippen molar-refractivity contribution in [3.8, 4) is 0 Å². The Morgan fingerprint density at radius 3 is 2.35 bits per heavy atom. The summed E-state index contributed by atoms with van der Waals surface area (Å²) >= 11 is 3.07. The molecule has 7 nitrogen and oxygen atoms in total. The van der Waals surface area contributed by atoms with E-state index in [1.165, 1.54) is 37.3 Å². The Labute approximate surface area is 139 Å². The molecule has 0 spiro atoms. The van der Waals surface area contributed by atoms with Crippen molar-refractivity contribution in [2.45, 2.75) is 13.0 Å². The zero-order chi connectivity index (χ0) is 17.0. The highest BCUT2D eigenvalue weighted by Crippen LogP contribution is 2.16. The number of benzene rings is 1. The van der Waals surface area contributed by atoms with Gasteiger partial charge in [0.1, 0.15) is 0 Å². The van der Waals surface area contributed by atoms with Gasteiger partial charge in [0, 0.05) is 11.3 Å². The molecule has 2 amide bonds. The van der Waals surface area contributed by atoms with Crippen molar-refractivity contribution in [1.29, 1.82) is 0 Å². The molecule has 2 rings (SSSR count). The molecule has 0 fully saturated rings. The fourth-order valence-corrected chi connectivity index (χ4v) is 1.96. The van der Waals surface area contributed by atoms with E-state index in [0.29, 0.717) is 15.9 Å². The fraction of sp³-hybridized carbons (Fsp3) is 0.133. The molecule has 1 aromatic heterocycles. The highest BCUT2D eigenvalue weighted by atomic mass is 79.9. The fourth-order valence-electron chi connectivity index (χ4n) is 1.66. The molecule has 3 N–H and O–H groups in total. The highest BCUT2D eigenvalue weighted by Gasteiger charge is 2.21. The molecule has 2 aromatic rings. The van der Waals surface area contributed by atoms with Crippen LogP contribution in [0, 0.1) is 0 Å². The largest absolute Gasteiger partial charge is 0.447 e. The van der Waals surface area contributed by atoms with E-state index in [9.17, 15) is 14.4 Å². The maximum absolute atomic E-state index is 12.0. The molecular weight excluding hydrogens is 368 g/mol. The van der Waals surface area contributed by atoms with E-state index in [1.54, 1.807) is 6.07 Å². The van der Waals surface area contributed by atoms with Crippen LogP contribution in [0.5, 0.6) is 0 Å². The quantitative estimate of drug-likeness (QED) is 0.773. The van der Waals surface area contributed by atoms with Crippen molar-refractivity contribution >= 4 is 39.4 Å². The third-order valence-electron chi connectivity index (χ3n) is 2.86. The van der Waals surface area contributed by atoms with E-state index < -0.39 is 23.9 Å². The van der Waals surface area contributed by atoms with Crippen LogP contribution in [-0.2, 0) is 9.53 Å². The van der Waals surface area contributed by atoms with Gasteiger partial charge in [-0.15, -0.1) is 0 Å². The number of rotatable bonds is 5. The summed E-state index contributed by atoms with van der Waals surface area (Å²) < 4.78 is 10.4. The lowest BCUT2D eigenvalue weighted by atomic mass is 10.2. The average Bonchev–Trinajstić information content (AvgIpc) is 2.94. The zero-order valence-electron chi connectivity index (χ0n) is 12.0. The van der Waals surface area contributed by atoms with Crippen molar-refractivity contribution in [2.75, 3.05) is 5.32 Å². The van der Waals surface area contributed by atoms with Gasteiger partial charge in [-0.1, -0.05) is 0 Å². The second-order valence-electron chi connectivity index (χ2n) is 4.58. The van der Waals surface area contributed by atoms with Crippen molar-refractivity contribution in [3.63, 3.8) is 0 Å². The Morgan fingerprint density at radius 1 is 1.17 bits per heavy atom. The molecule has 0 unspecified atom stereocenters. The van der Waals surface area contributed by atoms with E-state index in [2.05, 4.69) is 21.2 Å². The molecule has 0 aliphatic rings. The van der Waals surface area contributed by atoms with Crippen molar-refractivity contribution < 1.29 is 23.5 Å². The number of ether oxygens (including phenoxy) is 1. The molecule has 0 aliphatic heterocycles. The van der Waals surface area contributed by atoms with E-state index in [0.717, 1.165) is 0 Å². The Kier molecular flexibility index (Phi) is 5.17. The molecule has 120 valence electrons. The van der Waals surface area contributed by atoms with Crippen LogP contribution in [0.4, 0.5) is 5.69 Å². The van der Waals surface area contributed by atoms with Crippen LogP contribution in [0.25, 0.3) is 0 Å². The summed E-state index contributed by atoms with van der Waals surface area (Å²) in [7, 11) is 0. The molecule has 0 saturated heterocycles. The summed E-state index contributed by atoms with van der Waals surface area (Å²) in [6.45, 7) is 1.43. The van der Waals surface area contributed by atoms with Gasteiger partial charge in [0.15, 0.2) is 10.8 Å². The lowest BCUT2D eigenvalue weighted by Gasteiger charge is -2.12. The predicted octanol–water partition coefficient (Wildman–Crippen LogP) is 2.33. The molecule has 1 aromatic carbocycles. The smallest absolute Gasteiger partial charge is 0.375 e. The summed E-state index contributed by atoms with van der Waals surface area (Å²) in [5, 5.41) is 2.56. The molecule has 8 heteroatoms. The third-order valence-corrected chi connectivity index (χ3v) is 3.29. The zero-order valence-corrected chi connectivity index (χ0v) is 13.6. The number of esters is 1. The summed E-state index contributed by atoms with van der Waals surface area (Å²) in [5.74, 6) is -1.84. The summed E-state index contributed by atoms with van der Waals surface area (Å²) in [4.78, 5) is 34.7. The van der Waals surface area contributed by atoms with E-state index >= 15 is 0 Å². The number of carbonyl (C=O) groups is 3. The van der Waals surface area contributed by atoms with Gasteiger partial charge in [0.05, 0.1) is 0 Å². The van der Waals surface area contributed by atoms with E-state index in [1.807, 2.05) is 0 Å². The summed E-state index contributed by atoms with van der Waals surface area (Å²) in [6, 6.07) is 8.98. The number of carbonyl (C=O) groups excluding carboxylic acids is 3. The molecule has 0 bridgehead atoms. The molecule has 23 heavy (non-hydrogen) atoms. The SMILES string of the molecule is C[C@H](OC(=O)c1ccc(Br)o1)C(=O)Nc1ccc(C(N)=O)cc1. The molecule has 1 heterocycles.